The number of imidazole rings is 1. The first-order chi connectivity index (χ1) is 11.2. The zero-order valence-electron chi connectivity index (χ0n) is 13.0. The van der Waals surface area contributed by atoms with Crippen molar-refractivity contribution in [2.45, 2.75) is 26.3 Å². The zero-order valence-corrected chi connectivity index (χ0v) is 13.0. The molecule has 118 valence electrons. The topological polar surface area (TPSA) is 70.9 Å². The second-order valence-electron chi connectivity index (χ2n) is 5.54. The van der Waals surface area contributed by atoms with Gasteiger partial charge in [-0.25, -0.2) is 4.98 Å². The number of phenols is 1. The minimum atomic E-state index is -0.162. The van der Waals surface area contributed by atoms with Crippen LogP contribution < -0.4 is 5.56 Å². The lowest BCUT2D eigenvalue weighted by Gasteiger charge is -2.08. The van der Waals surface area contributed by atoms with E-state index in [2.05, 4.69) is 16.9 Å². The SMILES string of the molecule is CCCc1cncn1Cc1ccc(-c2cccc(O)c2)c(=O)[nH]1. The molecule has 2 heterocycles. The fraction of sp³-hybridized carbons (Fsp3) is 0.222. The van der Waals surface area contributed by atoms with E-state index >= 15 is 0 Å². The third kappa shape index (κ3) is 3.34. The Morgan fingerprint density at radius 3 is 2.87 bits per heavy atom. The quantitative estimate of drug-likeness (QED) is 0.761. The molecule has 3 aromatic rings. The van der Waals surface area contributed by atoms with Crippen molar-refractivity contribution in [2.75, 3.05) is 0 Å². The number of hydrogen-bond donors (Lipinski definition) is 2. The second kappa shape index (κ2) is 6.52. The van der Waals surface area contributed by atoms with Crippen molar-refractivity contribution in [2.24, 2.45) is 0 Å². The monoisotopic (exact) mass is 309 g/mol. The van der Waals surface area contributed by atoms with E-state index in [4.69, 9.17) is 0 Å². The third-order valence-electron chi connectivity index (χ3n) is 3.77. The van der Waals surface area contributed by atoms with Crippen molar-refractivity contribution < 1.29 is 5.11 Å². The van der Waals surface area contributed by atoms with E-state index in [0.717, 1.165) is 24.2 Å². The van der Waals surface area contributed by atoms with Gasteiger partial charge in [-0.15, -0.1) is 0 Å². The minimum absolute atomic E-state index is 0.147. The molecule has 5 nitrogen and oxygen atoms in total. The molecule has 0 fully saturated rings. The Morgan fingerprint density at radius 1 is 1.26 bits per heavy atom. The molecule has 2 N–H and O–H groups in total. The molecular weight excluding hydrogens is 290 g/mol. The van der Waals surface area contributed by atoms with Crippen LogP contribution in [0, 0.1) is 0 Å². The lowest BCUT2D eigenvalue weighted by molar-refractivity contribution is 0.475. The van der Waals surface area contributed by atoms with Gasteiger partial charge >= 0.3 is 0 Å². The summed E-state index contributed by atoms with van der Waals surface area (Å²) in [5.41, 5.74) is 3.07. The van der Waals surface area contributed by atoms with Crippen LogP contribution in [0.25, 0.3) is 11.1 Å². The first kappa shape index (κ1) is 15.1. The van der Waals surface area contributed by atoms with Gasteiger partial charge in [0.15, 0.2) is 0 Å². The Bertz CT molecular complexity index is 864. The van der Waals surface area contributed by atoms with Gasteiger partial charge < -0.3 is 14.7 Å². The van der Waals surface area contributed by atoms with Gasteiger partial charge in [0, 0.05) is 23.1 Å². The number of hydrogen-bond acceptors (Lipinski definition) is 3. The Hall–Kier alpha value is -2.82. The van der Waals surface area contributed by atoms with E-state index in [0.29, 0.717) is 17.7 Å². The van der Waals surface area contributed by atoms with Crippen LogP contribution in [0.3, 0.4) is 0 Å². The summed E-state index contributed by atoms with van der Waals surface area (Å²) in [6.45, 7) is 2.72. The van der Waals surface area contributed by atoms with Crippen LogP contribution >= 0.6 is 0 Å². The molecule has 0 spiro atoms. The lowest BCUT2D eigenvalue weighted by Crippen LogP contribution is -2.14. The number of H-pyrrole nitrogens is 1. The molecule has 3 rings (SSSR count). The number of aromatic nitrogens is 3. The predicted molar refractivity (Wildman–Crippen MR) is 89.5 cm³/mol. The molecular formula is C18H19N3O2. The van der Waals surface area contributed by atoms with E-state index in [1.807, 2.05) is 16.8 Å². The Morgan fingerprint density at radius 2 is 2.13 bits per heavy atom. The molecule has 0 saturated carbocycles. The van der Waals surface area contributed by atoms with Crippen molar-refractivity contribution >= 4 is 0 Å². The van der Waals surface area contributed by atoms with Crippen LogP contribution in [-0.4, -0.2) is 19.6 Å². The van der Waals surface area contributed by atoms with Gasteiger partial charge in [0.05, 0.1) is 12.9 Å². The lowest BCUT2D eigenvalue weighted by atomic mass is 10.1. The molecule has 2 aromatic heterocycles. The van der Waals surface area contributed by atoms with E-state index in [1.165, 1.54) is 0 Å². The molecule has 0 aliphatic rings. The summed E-state index contributed by atoms with van der Waals surface area (Å²) >= 11 is 0. The average Bonchev–Trinajstić information content (AvgIpc) is 2.95. The summed E-state index contributed by atoms with van der Waals surface area (Å²) in [7, 11) is 0. The first-order valence-electron chi connectivity index (χ1n) is 7.68. The smallest absolute Gasteiger partial charge is 0.256 e. The molecule has 0 unspecified atom stereocenters. The highest BCUT2D eigenvalue weighted by Crippen LogP contribution is 2.20. The van der Waals surface area contributed by atoms with E-state index < -0.39 is 0 Å². The molecule has 23 heavy (non-hydrogen) atoms. The van der Waals surface area contributed by atoms with Crippen molar-refractivity contribution in [3.63, 3.8) is 0 Å². The summed E-state index contributed by atoms with van der Waals surface area (Å²) < 4.78 is 2.04. The van der Waals surface area contributed by atoms with Gasteiger partial charge in [-0.1, -0.05) is 25.5 Å². The van der Waals surface area contributed by atoms with Crippen molar-refractivity contribution in [3.8, 4) is 16.9 Å². The molecule has 0 radical (unpaired) electrons. The maximum atomic E-state index is 12.3. The average molecular weight is 309 g/mol. The summed E-state index contributed by atoms with van der Waals surface area (Å²) in [6, 6.07) is 10.4. The van der Waals surface area contributed by atoms with Crippen LogP contribution in [0.4, 0.5) is 0 Å². The maximum absolute atomic E-state index is 12.3. The Kier molecular flexibility index (Phi) is 4.28. The summed E-state index contributed by atoms with van der Waals surface area (Å²) in [5.74, 6) is 0.147. The number of aromatic hydroxyl groups is 1. The van der Waals surface area contributed by atoms with Crippen LogP contribution in [0.2, 0.25) is 0 Å². The number of benzene rings is 1. The number of nitrogens with zero attached hydrogens (tertiary/aromatic N) is 2. The number of nitrogens with one attached hydrogen (secondary N) is 1. The number of aromatic amines is 1. The second-order valence-corrected chi connectivity index (χ2v) is 5.54. The van der Waals surface area contributed by atoms with Crippen molar-refractivity contribution in [1.82, 2.24) is 14.5 Å². The molecule has 0 atom stereocenters. The number of aryl methyl sites for hydroxylation is 1. The van der Waals surface area contributed by atoms with Crippen LogP contribution in [0.15, 0.2) is 53.7 Å². The van der Waals surface area contributed by atoms with E-state index in [9.17, 15) is 9.90 Å². The van der Waals surface area contributed by atoms with Gasteiger partial charge in [0.25, 0.3) is 5.56 Å². The highest BCUT2D eigenvalue weighted by atomic mass is 16.3. The number of phenolic OH excluding ortho intramolecular Hbond substituents is 1. The largest absolute Gasteiger partial charge is 0.508 e. The molecule has 0 aliphatic heterocycles. The van der Waals surface area contributed by atoms with Crippen LogP contribution in [0.1, 0.15) is 24.7 Å². The third-order valence-corrected chi connectivity index (χ3v) is 3.77. The molecule has 0 amide bonds. The van der Waals surface area contributed by atoms with Gasteiger partial charge in [0.2, 0.25) is 0 Å². The normalized spacial score (nSPS) is 10.8. The molecule has 0 aliphatic carbocycles. The summed E-state index contributed by atoms with van der Waals surface area (Å²) in [4.78, 5) is 19.4. The van der Waals surface area contributed by atoms with Gasteiger partial charge in [-0.2, -0.15) is 0 Å². The van der Waals surface area contributed by atoms with E-state index in [-0.39, 0.29) is 11.3 Å². The molecule has 0 bridgehead atoms. The maximum Gasteiger partial charge on any atom is 0.256 e. The Labute approximate surface area is 134 Å². The van der Waals surface area contributed by atoms with Crippen molar-refractivity contribution in [3.05, 3.63) is 70.7 Å². The fourth-order valence-corrected chi connectivity index (χ4v) is 2.65. The summed E-state index contributed by atoms with van der Waals surface area (Å²) in [6.07, 6.45) is 5.67. The molecule has 5 heteroatoms. The zero-order chi connectivity index (χ0) is 16.2. The Balaban J connectivity index is 1.87. The first-order valence-corrected chi connectivity index (χ1v) is 7.68. The van der Waals surface area contributed by atoms with E-state index in [1.54, 1.807) is 36.7 Å². The van der Waals surface area contributed by atoms with Crippen LogP contribution in [-0.2, 0) is 13.0 Å². The van der Waals surface area contributed by atoms with Gasteiger partial charge in [-0.05, 0) is 36.2 Å². The number of pyridine rings is 1. The minimum Gasteiger partial charge on any atom is -0.508 e. The standard InChI is InChI=1S/C18H19N3O2/c1-2-4-15-10-19-12-21(15)11-14-7-8-17(18(23)20-14)13-5-3-6-16(22)9-13/h3,5-10,12,22H,2,4,11H2,1H3,(H,20,23). The molecule has 0 saturated heterocycles. The predicted octanol–water partition coefficient (Wildman–Crippen LogP) is 2.94. The summed E-state index contributed by atoms with van der Waals surface area (Å²) in [5, 5.41) is 9.55. The van der Waals surface area contributed by atoms with Crippen molar-refractivity contribution in [1.29, 1.82) is 0 Å². The highest BCUT2D eigenvalue weighted by molar-refractivity contribution is 5.63. The number of rotatable bonds is 5. The molecule has 1 aromatic carbocycles. The van der Waals surface area contributed by atoms with Crippen LogP contribution in [0.5, 0.6) is 5.75 Å². The fourth-order valence-electron chi connectivity index (χ4n) is 2.65. The van der Waals surface area contributed by atoms with Gasteiger partial charge in [0.1, 0.15) is 5.75 Å². The highest BCUT2D eigenvalue weighted by Gasteiger charge is 2.07. The van der Waals surface area contributed by atoms with Gasteiger partial charge in [-0.3, -0.25) is 4.79 Å².